The molecule has 2 rings (SSSR count). The first-order valence-corrected chi connectivity index (χ1v) is 8.62. The number of nitrogens with one attached hydrogen (secondary N) is 2. The Labute approximate surface area is 168 Å². The fourth-order valence-electron chi connectivity index (χ4n) is 2.53. The van der Waals surface area contributed by atoms with E-state index >= 15 is 0 Å². The first-order valence-electron chi connectivity index (χ1n) is 8.62. The third-order valence-corrected chi connectivity index (χ3v) is 4.11. The second-order valence-electron chi connectivity index (χ2n) is 6.01. The average molecular weight is 395 g/mol. The van der Waals surface area contributed by atoms with Gasteiger partial charge >= 0.3 is 5.97 Å². The number of methoxy groups -OCH3 is 2. The molecule has 0 aliphatic rings. The molecule has 1 atom stereocenters. The summed E-state index contributed by atoms with van der Waals surface area (Å²) in [5.74, 6) is -0.543. The minimum Gasteiger partial charge on any atom is -0.493 e. The van der Waals surface area contributed by atoms with Crippen LogP contribution in [0.5, 0.6) is 11.5 Å². The van der Waals surface area contributed by atoms with Gasteiger partial charge in [-0.3, -0.25) is 4.79 Å². The normalized spacial score (nSPS) is 11.7. The zero-order valence-electron chi connectivity index (χ0n) is 16.2. The Morgan fingerprint density at radius 1 is 1.14 bits per heavy atom. The smallest absolute Gasteiger partial charge is 0.335 e. The molecule has 150 valence electrons. The van der Waals surface area contributed by atoms with Crippen molar-refractivity contribution in [2.24, 2.45) is 0 Å². The van der Waals surface area contributed by atoms with Crippen molar-refractivity contribution in [3.05, 3.63) is 65.4 Å². The van der Waals surface area contributed by atoms with Gasteiger partial charge in [-0.15, -0.1) is 0 Å². The van der Waals surface area contributed by atoms with Crippen molar-refractivity contribution in [3.8, 4) is 17.6 Å². The summed E-state index contributed by atoms with van der Waals surface area (Å²) in [6, 6.07) is 12.7. The Kier molecular flexibility index (Phi) is 7.20. The van der Waals surface area contributed by atoms with Crippen molar-refractivity contribution in [2.45, 2.75) is 13.0 Å². The molecule has 8 nitrogen and oxygen atoms in total. The molecule has 0 radical (unpaired) electrons. The van der Waals surface area contributed by atoms with Gasteiger partial charge < -0.3 is 25.2 Å². The van der Waals surface area contributed by atoms with Gasteiger partial charge in [0.2, 0.25) is 0 Å². The summed E-state index contributed by atoms with van der Waals surface area (Å²) in [6.45, 7) is 1.78. The Balaban J connectivity index is 2.11. The first-order chi connectivity index (χ1) is 13.9. The fourth-order valence-corrected chi connectivity index (χ4v) is 2.53. The lowest BCUT2D eigenvalue weighted by Crippen LogP contribution is -2.28. The molecule has 0 saturated heterocycles. The van der Waals surface area contributed by atoms with E-state index in [0.29, 0.717) is 17.2 Å². The zero-order valence-corrected chi connectivity index (χ0v) is 16.2. The third-order valence-electron chi connectivity index (χ3n) is 4.11. The molecule has 1 unspecified atom stereocenters. The summed E-state index contributed by atoms with van der Waals surface area (Å²) in [4.78, 5) is 23.5. The van der Waals surface area contributed by atoms with E-state index in [1.807, 2.05) is 6.07 Å². The number of rotatable bonds is 8. The highest BCUT2D eigenvalue weighted by Crippen LogP contribution is 2.29. The molecule has 0 aliphatic carbocycles. The van der Waals surface area contributed by atoms with Crippen LogP contribution in [-0.4, -0.2) is 31.2 Å². The van der Waals surface area contributed by atoms with Crippen molar-refractivity contribution in [2.75, 3.05) is 19.5 Å². The van der Waals surface area contributed by atoms with Crippen molar-refractivity contribution in [3.63, 3.8) is 0 Å². The molecule has 0 bridgehead atoms. The summed E-state index contributed by atoms with van der Waals surface area (Å²) in [5, 5.41) is 23.8. The number of hydrogen-bond acceptors (Lipinski definition) is 6. The predicted octanol–water partition coefficient (Wildman–Crippen LogP) is 3.10. The van der Waals surface area contributed by atoms with Gasteiger partial charge in [0, 0.05) is 11.9 Å². The van der Waals surface area contributed by atoms with Gasteiger partial charge in [0.15, 0.2) is 11.5 Å². The number of carbonyl (C=O) groups excluding carboxylic acids is 1. The Morgan fingerprint density at radius 2 is 1.86 bits per heavy atom. The molecule has 1 amide bonds. The topological polar surface area (TPSA) is 121 Å². The summed E-state index contributed by atoms with van der Waals surface area (Å²) in [5.41, 5.74) is 1.15. The number of aromatic carboxylic acids is 1. The van der Waals surface area contributed by atoms with E-state index in [1.165, 1.54) is 32.6 Å². The van der Waals surface area contributed by atoms with Gasteiger partial charge in [0.25, 0.3) is 5.91 Å². The van der Waals surface area contributed by atoms with Crippen molar-refractivity contribution in [1.29, 1.82) is 5.26 Å². The standard InChI is InChI=1S/C21H21N3O5/c1-13(14-7-8-18(28-2)19(10-14)29-3)24-20(25)16(11-22)12-23-17-6-4-5-15(9-17)21(26)27/h4-10,12-13,23H,1-3H3,(H,24,25)(H,26,27)/b16-12-. The second-order valence-corrected chi connectivity index (χ2v) is 6.01. The maximum atomic E-state index is 12.4. The van der Waals surface area contributed by atoms with E-state index in [0.717, 1.165) is 5.56 Å². The van der Waals surface area contributed by atoms with Crippen molar-refractivity contribution >= 4 is 17.6 Å². The quantitative estimate of drug-likeness (QED) is 0.464. The SMILES string of the molecule is COc1ccc(C(C)NC(=O)/C(C#N)=C\Nc2cccc(C(=O)O)c2)cc1OC. The van der Waals surface area contributed by atoms with Crippen LogP contribution in [0.1, 0.15) is 28.9 Å². The van der Waals surface area contributed by atoms with Crippen LogP contribution < -0.4 is 20.1 Å². The Hall–Kier alpha value is -3.99. The number of hydrogen-bond donors (Lipinski definition) is 3. The molecule has 0 spiro atoms. The van der Waals surface area contributed by atoms with Crippen molar-refractivity contribution in [1.82, 2.24) is 5.32 Å². The van der Waals surface area contributed by atoms with Crippen LogP contribution in [0.4, 0.5) is 5.69 Å². The molecule has 3 N–H and O–H groups in total. The molecule has 0 saturated carbocycles. The molecule has 0 aliphatic heterocycles. The highest BCUT2D eigenvalue weighted by molar-refractivity contribution is 5.97. The van der Waals surface area contributed by atoms with Gasteiger partial charge in [0.05, 0.1) is 25.8 Å². The summed E-state index contributed by atoms with van der Waals surface area (Å²) in [7, 11) is 3.05. The molecular formula is C21H21N3O5. The molecule has 0 fully saturated rings. The van der Waals surface area contributed by atoms with Gasteiger partial charge in [0.1, 0.15) is 11.6 Å². The molecule has 0 heterocycles. The van der Waals surface area contributed by atoms with Crippen LogP contribution in [-0.2, 0) is 4.79 Å². The highest BCUT2D eigenvalue weighted by Gasteiger charge is 2.15. The van der Waals surface area contributed by atoms with Crippen LogP contribution in [0.3, 0.4) is 0 Å². The lowest BCUT2D eigenvalue weighted by Gasteiger charge is -2.16. The van der Waals surface area contributed by atoms with Gasteiger partial charge in [-0.05, 0) is 42.8 Å². The van der Waals surface area contributed by atoms with E-state index in [4.69, 9.17) is 14.6 Å². The number of benzene rings is 2. The fraction of sp³-hybridized carbons (Fsp3) is 0.190. The monoisotopic (exact) mass is 395 g/mol. The van der Waals surface area contributed by atoms with E-state index < -0.39 is 17.9 Å². The number of carboxylic acids is 1. The summed E-state index contributed by atoms with van der Waals surface area (Å²) >= 11 is 0. The van der Waals surface area contributed by atoms with Crippen molar-refractivity contribution < 1.29 is 24.2 Å². The Bertz CT molecular complexity index is 979. The van der Waals surface area contributed by atoms with Gasteiger partial charge in [-0.2, -0.15) is 5.26 Å². The second kappa shape index (κ2) is 9.80. The summed E-state index contributed by atoms with van der Waals surface area (Å²) in [6.07, 6.45) is 1.23. The van der Waals surface area contributed by atoms with Crippen LogP contribution in [0.2, 0.25) is 0 Å². The summed E-state index contributed by atoms with van der Waals surface area (Å²) < 4.78 is 10.5. The maximum absolute atomic E-state index is 12.4. The average Bonchev–Trinajstić information content (AvgIpc) is 2.73. The van der Waals surface area contributed by atoms with Crippen LogP contribution in [0, 0.1) is 11.3 Å². The molecular weight excluding hydrogens is 374 g/mol. The highest BCUT2D eigenvalue weighted by atomic mass is 16.5. The molecule has 29 heavy (non-hydrogen) atoms. The molecule has 0 aromatic heterocycles. The van der Waals surface area contributed by atoms with E-state index in [9.17, 15) is 14.9 Å². The van der Waals surface area contributed by atoms with Crippen LogP contribution in [0.25, 0.3) is 0 Å². The van der Waals surface area contributed by atoms with E-state index in [2.05, 4.69) is 10.6 Å². The number of ether oxygens (including phenoxy) is 2. The number of anilines is 1. The van der Waals surface area contributed by atoms with E-state index in [-0.39, 0.29) is 11.1 Å². The van der Waals surface area contributed by atoms with Gasteiger partial charge in [-0.25, -0.2) is 4.79 Å². The van der Waals surface area contributed by atoms with Crippen LogP contribution in [0.15, 0.2) is 54.2 Å². The number of nitriles is 1. The largest absolute Gasteiger partial charge is 0.493 e. The van der Waals surface area contributed by atoms with Crippen LogP contribution >= 0.6 is 0 Å². The third kappa shape index (κ3) is 5.49. The molecule has 2 aromatic rings. The molecule has 2 aromatic carbocycles. The zero-order chi connectivity index (χ0) is 21.4. The van der Waals surface area contributed by atoms with E-state index in [1.54, 1.807) is 37.3 Å². The number of carboxylic acid groups (broad SMARTS) is 1. The first kappa shape index (κ1) is 21.3. The number of amides is 1. The number of carbonyl (C=O) groups is 2. The lowest BCUT2D eigenvalue weighted by molar-refractivity contribution is -0.117. The minimum absolute atomic E-state index is 0.0911. The predicted molar refractivity (Wildman–Crippen MR) is 107 cm³/mol. The van der Waals surface area contributed by atoms with Gasteiger partial charge in [-0.1, -0.05) is 12.1 Å². The minimum atomic E-state index is -1.07. The Morgan fingerprint density at radius 3 is 2.48 bits per heavy atom. The molecule has 8 heteroatoms. The lowest BCUT2D eigenvalue weighted by atomic mass is 10.1. The maximum Gasteiger partial charge on any atom is 0.335 e. The number of nitrogens with zero attached hydrogens (tertiary/aromatic N) is 1.